The maximum Gasteiger partial charge on any atom is 0.117 e. The fraction of sp³-hybridized carbons (Fsp3) is 0.455. The molecule has 1 saturated heterocycles. The van der Waals surface area contributed by atoms with E-state index in [1.165, 1.54) is 5.56 Å². The van der Waals surface area contributed by atoms with Crippen LogP contribution in [-0.2, 0) is 22.6 Å². The van der Waals surface area contributed by atoms with Crippen molar-refractivity contribution in [1.29, 1.82) is 0 Å². The van der Waals surface area contributed by atoms with Gasteiger partial charge in [-0.2, -0.15) is 0 Å². The topological polar surface area (TPSA) is 49.2 Å². The predicted octanol–water partition coefficient (Wildman–Crippen LogP) is 4.91. The molecule has 1 aliphatic rings. The molecule has 5 nitrogen and oxygen atoms in total. The lowest BCUT2D eigenvalue weighted by Gasteiger charge is -2.37. The van der Waals surface area contributed by atoms with Crippen LogP contribution in [-0.4, -0.2) is 34.8 Å². The minimum atomic E-state index is 0.135. The predicted molar refractivity (Wildman–Crippen MR) is 113 cm³/mol. The number of fused-ring (bicyclic) bond motifs is 1. The van der Waals surface area contributed by atoms with Crippen LogP contribution < -0.4 is 0 Å². The van der Waals surface area contributed by atoms with Gasteiger partial charge in [-0.05, 0) is 54.9 Å². The third kappa shape index (κ3) is 4.29. The Morgan fingerprint density at radius 1 is 1.14 bits per heavy atom. The number of aromatic nitrogens is 3. The van der Waals surface area contributed by atoms with Gasteiger partial charge >= 0.3 is 0 Å². The summed E-state index contributed by atoms with van der Waals surface area (Å²) in [5, 5.41) is 8.91. The van der Waals surface area contributed by atoms with E-state index in [0.29, 0.717) is 6.61 Å². The summed E-state index contributed by atoms with van der Waals surface area (Å²) in [6, 6.07) is 14.5. The first-order valence-electron chi connectivity index (χ1n) is 9.85. The minimum Gasteiger partial charge on any atom is -0.381 e. The Bertz CT molecular complexity index is 920. The van der Waals surface area contributed by atoms with Crippen LogP contribution in [0.15, 0.2) is 46.9 Å². The van der Waals surface area contributed by atoms with Crippen molar-refractivity contribution in [3.63, 3.8) is 0 Å². The number of hydrogen-bond donors (Lipinski definition) is 0. The van der Waals surface area contributed by atoms with Gasteiger partial charge in [0, 0.05) is 30.8 Å². The molecule has 148 valence electrons. The van der Waals surface area contributed by atoms with Crippen molar-refractivity contribution in [1.82, 2.24) is 15.0 Å². The highest BCUT2D eigenvalue weighted by atomic mass is 79.9. The number of ether oxygens (including phenoxy) is 2. The van der Waals surface area contributed by atoms with Crippen molar-refractivity contribution < 1.29 is 9.47 Å². The van der Waals surface area contributed by atoms with Crippen LogP contribution in [0.25, 0.3) is 11.0 Å². The second-order valence-corrected chi connectivity index (χ2v) is 8.54. The van der Waals surface area contributed by atoms with Crippen molar-refractivity contribution in [3.05, 3.63) is 58.1 Å². The average molecular weight is 444 g/mol. The van der Waals surface area contributed by atoms with Crippen LogP contribution in [0, 0.1) is 12.3 Å². The number of halogens is 1. The molecule has 0 saturated carbocycles. The third-order valence-electron chi connectivity index (χ3n) is 5.80. The fourth-order valence-corrected chi connectivity index (χ4v) is 4.24. The van der Waals surface area contributed by atoms with Gasteiger partial charge in [0.05, 0.1) is 12.1 Å². The van der Waals surface area contributed by atoms with E-state index in [-0.39, 0.29) is 5.41 Å². The molecule has 0 amide bonds. The molecule has 0 bridgehead atoms. The Morgan fingerprint density at radius 2 is 1.93 bits per heavy atom. The zero-order valence-electron chi connectivity index (χ0n) is 16.2. The zero-order valence-corrected chi connectivity index (χ0v) is 17.8. The Balaban J connectivity index is 1.46. The third-order valence-corrected chi connectivity index (χ3v) is 6.66. The normalized spacial score (nSPS) is 16.5. The van der Waals surface area contributed by atoms with E-state index < -0.39 is 0 Å². The highest BCUT2D eigenvalue weighted by Crippen LogP contribution is 2.37. The van der Waals surface area contributed by atoms with Gasteiger partial charge in [0.2, 0.25) is 0 Å². The number of benzene rings is 2. The largest absolute Gasteiger partial charge is 0.381 e. The van der Waals surface area contributed by atoms with Crippen LogP contribution in [0.4, 0.5) is 0 Å². The van der Waals surface area contributed by atoms with E-state index >= 15 is 0 Å². The van der Waals surface area contributed by atoms with E-state index in [2.05, 4.69) is 74.2 Å². The fourth-order valence-electron chi connectivity index (χ4n) is 3.92. The lowest BCUT2D eigenvalue weighted by Crippen LogP contribution is -2.35. The first-order chi connectivity index (χ1) is 13.7. The maximum absolute atomic E-state index is 6.00. The second-order valence-electron chi connectivity index (χ2n) is 7.69. The minimum absolute atomic E-state index is 0.135. The lowest BCUT2D eigenvalue weighted by molar-refractivity contribution is -0.0185. The van der Waals surface area contributed by atoms with Gasteiger partial charge in [-0.3, -0.25) is 0 Å². The average Bonchev–Trinajstić information content (AvgIpc) is 3.13. The lowest BCUT2D eigenvalue weighted by atomic mass is 9.77. The molecule has 4 rings (SSSR count). The summed E-state index contributed by atoms with van der Waals surface area (Å²) < 4.78 is 14.8. The smallest absolute Gasteiger partial charge is 0.117 e. The van der Waals surface area contributed by atoms with Crippen LogP contribution in [0.3, 0.4) is 0 Å². The van der Waals surface area contributed by atoms with Crippen LogP contribution in [0.1, 0.15) is 30.4 Å². The molecule has 3 aromatic rings. The second kappa shape index (κ2) is 8.72. The standard InChI is InChI=1S/C22H26BrN3O2/c1-17-19(23)7-8-20-21(17)24-25-26(20)16-22(9-12-27-13-10-22)11-14-28-15-18-5-3-2-4-6-18/h2-8H,9-16H2,1H3. The van der Waals surface area contributed by atoms with Gasteiger partial charge in [-0.1, -0.05) is 51.5 Å². The number of rotatable bonds is 7. The van der Waals surface area contributed by atoms with E-state index in [4.69, 9.17) is 9.47 Å². The molecule has 0 aliphatic carbocycles. The summed E-state index contributed by atoms with van der Waals surface area (Å²) in [4.78, 5) is 0. The maximum atomic E-state index is 6.00. The monoisotopic (exact) mass is 443 g/mol. The Labute approximate surface area is 174 Å². The number of hydrogen-bond acceptors (Lipinski definition) is 4. The molecule has 0 N–H and O–H groups in total. The summed E-state index contributed by atoms with van der Waals surface area (Å²) in [5.41, 5.74) is 4.55. The van der Waals surface area contributed by atoms with Crippen molar-refractivity contribution in [2.75, 3.05) is 19.8 Å². The van der Waals surface area contributed by atoms with Gasteiger partial charge < -0.3 is 9.47 Å². The molecule has 0 unspecified atom stereocenters. The van der Waals surface area contributed by atoms with E-state index in [0.717, 1.165) is 66.7 Å². The molecule has 0 spiro atoms. The molecule has 6 heteroatoms. The SMILES string of the molecule is Cc1c(Br)ccc2c1nnn2CC1(CCOCc2ccccc2)CCOCC1. The Hall–Kier alpha value is -1.76. The van der Waals surface area contributed by atoms with Crippen LogP contribution in [0.5, 0.6) is 0 Å². The van der Waals surface area contributed by atoms with E-state index in [1.807, 2.05) is 6.07 Å². The molecule has 2 heterocycles. The molecule has 28 heavy (non-hydrogen) atoms. The molecule has 0 radical (unpaired) electrons. The van der Waals surface area contributed by atoms with Crippen LogP contribution >= 0.6 is 15.9 Å². The molecule has 1 fully saturated rings. The molecular weight excluding hydrogens is 418 g/mol. The Morgan fingerprint density at radius 3 is 2.71 bits per heavy atom. The summed E-state index contributed by atoms with van der Waals surface area (Å²) in [6.07, 6.45) is 3.05. The first-order valence-corrected chi connectivity index (χ1v) is 10.6. The first kappa shape index (κ1) is 19.6. The summed E-state index contributed by atoms with van der Waals surface area (Å²) in [5.74, 6) is 0. The van der Waals surface area contributed by atoms with Crippen molar-refractivity contribution >= 4 is 27.0 Å². The van der Waals surface area contributed by atoms with Crippen molar-refractivity contribution in [3.8, 4) is 0 Å². The van der Waals surface area contributed by atoms with Crippen molar-refractivity contribution in [2.45, 2.75) is 39.3 Å². The van der Waals surface area contributed by atoms with Gasteiger partial charge in [-0.15, -0.1) is 5.10 Å². The zero-order chi connectivity index (χ0) is 19.4. The van der Waals surface area contributed by atoms with Gasteiger partial charge in [0.1, 0.15) is 5.52 Å². The van der Waals surface area contributed by atoms with Gasteiger partial charge in [0.15, 0.2) is 0 Å². The molecule has 1 aliphatic heterocycles. The highest BCUT2D eigenvalue weighted by molar-refractivity contribution is 9.10. The quantitative estimate of drug-likeness (QED) is 0.486. The molecule has 1 aromatic heterocycles. The van der Waals surface area contributed by atoms with Crippen LogP contribution in [0.2, 0.25) is 0 Å². The van der Waals surface area contributed by atoms with Crippen molar-refractivity contribution in [2.24, 2.45) is 5.41 Å². The van der Waals surface area contributed by atoms with E-state index in [9.17, 15) is 0 Å². The Kier molecular flexibility index (Phi) is 6.09. The van der Waals surface area contributed by atoms with E-state index in [1.54, 1.807) is 0 Å². The summed E-state index contributed by atoms with van der Waals surface area (Å²) >= 11 is 3.59. The van der Waals surface area contributed by atoms with Gasteiger partial charge in [0.25, 0.3) is 0 Å². The number of nitrogens with zero attached hydrogens (tertiary/aromatic N) is 3. The summed E-state index contributed by atoms with van der Waals surface area (Å²) in [6.45, 7) is 5.93. The molecule has 2 aromatic carbocycles. The molecule has 0 atom stereocenters. The summed E-state index contributed by atoms with van der Waals surface area (Å²) in [7, 11) is 0. The highest BCUT2D eigenvalue weighted by Gasteiger charge is 2.34. The number of aryl methyl sites for hydroxylation is 1. The molecular formula is C22H26BrN3O2. The van der Waals surface area contributed by atoms with Gasteiger partial charge in [-0.25, -0.2) is 4.68 Å².